The summed E-state index contributed by atoms with van der Waals surface area (Å²) < 4.78 is 4.94. The Morgan fingerprint density at radius 1 is 1.13 bits per heavy atom. The van der Waals surface area contributed by atoms with Gasteiger partial charge >= 0.3 is 5.97 Å². The van der Waals surface area contributed by atoms with Crippen LogP contribution in [-0.4, -0.2) is 18.5 Å². The zero-order valence-electron chi connectivity index (χ0n) is 13.4. The van der Waals surface area contributed by atoms with Crippen LogP contribution in [-0.2, 0) is 14.3 Å². The summed E-state index contributed by atoms with van der Waals surface area (Å²) in [5.41, 5.74) is 4.04. The molecule has 0 aliphatic heterocycles. The number of hydrogen-bond acceptors (Lipinski definition) is 4. The molecule has 23 heavy (non-hydrogen) atoms. The molecule has 0 fully saturated rings. The Hall–Kier alpha value is -2.40. The van der Waals surface area contributed by atoms with Gasteiger partial charge < -0.3 is 10.1 Å². The van der Waals surface area contributed by atoms with E-state index in [1.807, 2.05) is 50.4 Å². The number of anilines is 1. The Bertz CT molecular complexity index is 746. The van der Waals surface area contributed by atoms with E-state index in [1.54, 1.807) is 17.4 Å². The van der Waals surface area contributed by atoms with Crippen molar-refractivity contribution in [2.75, 3.05) is 11.9 Å². The summed E-state index contributed by atoms with van der Waals surface area (Å²) in [6, 6.07) is 7.62. The van der Waals surface area contributed by atoms with Gasteiger partial charge in [-0.2, -0.15) is 0 Å². The molecule has 0 atom stereocenters. The van der Waals surface area contributed by atoms with Crippen LogP contribution in [0.25, 0.3) is 6.08 Å². The Morgan fingerprint density at radius 2 is 1.91 bits per heavy atom. The average molecular weight is 329 g/mol. The lowest BCUT2D eigenvalue weighted by atomic mass is 10.1. The number of aryl methyl sites for hydroxylation is 3. The summed E-state index contributed by atoms with van der Waals surface area (Å²) in [6.07, 6.45) is 3.03. The molecule has 1 aromatic heterocycles. The zero-order valence-corrected chi connectivity index (χ0v) is 14.2. The molecule has 0 saturated heterocycles. The molecule has 0 aliphatic carbocycles. The standard InChI is InChI=1S/C18H19NO3S/c1-12-4-5-15(10-14(12)3)19-17(20)11-22-18(21)7-6-16-13(2)8-9-23-16/h4-10H,11H2,1-3H3,(H,19,20)/b7-6+. The second kappa shape index (κ2) is 7.74. The molecular formula is C18H19NO3S. The first kappa shape index (κ1) is 17.0. The van der Waals surface area contributed by atoms with Crippen molar-refractivity contribution >= 4 is 35.0 Å². The maximum atomic E-state index is 11.8. The minimum atomic E-state index is -0.534. The highest BCUT2D eigenvalue weighted by Crippen LogP contribution is 2.17. The summed E-state index contributed by atoms with van der Waals surface area (Å²) in [7, 11) is 0. The lowest BCUT2D eigenvalue weighted by Gasteiger charge is -2.07. The second-order valence-corrected chi connectivity index (χ2v) is 6.20. The molecule has 0 bridgehead atoms. The first-order valence-corrected chi connectivity index (χ1v) is 8.09. The van der Waals surface area contributed by atoms with Crippen LogP contribution in [0.5, 0.6) is 0 Å². The van der Waals surface area contributed by atoms with Crippen molar-refractivity contribution < 1.29 is 14.3 Å². The van der Waals surface area contributed by atoms with Crippen LogP contribution in [0.2, 0.25) is 0 Å². The molecule has 1 aromatic carbocycles. The van der Waals surface area contributed by atoms with Crippen molar-refractivity contribution in [3.8, 4) is 0 Å². The van der Waals surface area contributed by atoms with Crippen molar-refractivity contribution in [1.29, 1.82) is 0 Å². The zero-order chi connectivity index (χ0) is 16.8. The van der Waals surface area contributed by atoms with Gasteiger partial charge in [0.05, 0.1) is 0 Å². The van der Waals surface area contributed by atoms with Crippen LogP contribution < -0.4 is 5.32 Å². The number of nitrogens with one attached hydrogen (secondary N) is 1. The first-order chi connectivity index (χ1) is 11.0. The Kier molecular flexibility index (Phi) is 5.71. The van der Waals surface area contributed by atoms with Crippen LogP contribution in [0.15, 0.2) is 35.7 Å². The Balaban J connectivity index is 1.82. The summed E-state index contributed by atoms with van der Waals surface area (Å²) in [4.78, 5) is 24.4. The van der Waals surface area contributed by atoms with Gasteiger partial charge in [0.25, 0.3) is 5.91 Å². The van der Waals surface area contributed by atoms with Crippen LogP contribution in [0.4, 0.5) is 5.69 Å². The van der Waals surface area contributed by atoms with E-state index in [9.17, 15) is 9.59 Å². The summed E-state index contributed by atoms with van der Waals surface area (Å²) in [5.74, 6) is -0.893. The van der Waals surface area contributed by atoms with Crippen LogP contribution in [0.3, 0.4) is 0 Å². The van der Waals surface area contributed by atoms with Gasteiger partial charge in [0.15, 0.2) is 6.61 Å². The van der Waals surface area contributed by atoms with Crippen LogP contribution in [0, 0.1) is 20.8 Å². The quantitative estimate of drug-likeness (QED) is 0.669. The number of rotatable bonds is 5. The van der Waals surface area contributed by atoms with Gasteiger partial charge in [-0.15, -0.1) is 11.3 Å². The molecule has 0 radical (unpaired) electrons. The fraction of sp³-hybridized carbons (Fsp3) is 0.222. The van der Waals surface area contributed by atoms with Crippen molar-refractivity contribution in [2.45, 2.75) is 20.8 Å². The average Bonchev–Trinajstić information content (AvgIpc) is 2.92. The van der Waals surface area contributed by atoms with Gasteiger partial charge in [0.1, 0.15) is 0 Å². The van der Waals surface area contributed by atoms with Crippen LogP contribution >= 0.6 is 11.3 Å². The molecule has 0 aliphatic rings. The van der Waals surface area contributed by atoms with E-state index in [0.717, 1.165) is 21.6 Å². The van der Waals surface area contributed by atoms with E-state index < -0.39 is 5.97 Å². The lowest BCUT2D eigenvalue weighted by Crippen LogP contribution is -2.20. The molecule has 5 heteroatoms. The highest BCUT2D eigenvalue weighted by atomic mass is 32.1. The topological polar surface area (TPSA) is 55.4 Å². The van der Waals surface area contributed by atoms with E-state index in [0.29, 0.717) is 5.69 Å². The van der Waals surface area contributed by atoms with E-state index in [1.165, 1.54) is 6.08 Å². The lowest BCUT2D eigenvalue weighted by molar-refractivity contribution is -0.142. The molecule has 0 unspecified atom stereocenters. The number of esters is 1. The summed E-state index contributed by atoms with van der Waals surface area (Å²) in [5, 5.41) is 4.66. The molecule has 1 N–H and O–H groups in total. The van der Waals surface area contributed by atoms with Crippen molar-refractivity contribution in [2.24, 2.45) is 0 Å². The number of carbonyl (C=O) groups excluding carboxylic acids is 2. The maximum Gasteiger partial charge on any atom is 0.331 e. The van der Waals surface area contributed by atoms with Gasteiger partial charge in [0, 0.05) is 16.6 Å². The first-order valence-electron chi connectivity index (χ1n) is 7.22. The van der Waals surface area contributed by atoms with E-state index in [-0.39, 0.29) is 12.5 Å². The normalized spacial score (nSPS) is 10.7. The fourth-order valence-electron chi connectivity index (χ4n) is 1.90. The van der Waals surface area contributed by atoms with Crippen molar-refractivity contribution in [3.63, 3.8) is 0 Å². The van der Waals surface area contributed by atoms with Gasteiger partial charge in [-0.1, -0.05) is 6.07 Å². The second-order valence-electron chi connectivity index (χ2n) is 5.26. The smallest absolute Gasteiger partial charge is 0.331 e. The third-order valence-corrected chi connectivity index (χ3v) is 4.39. The summed E-state index contributed by atoms with van der Waals surface area (Å²) >= 11 is 1.55. The van der Waals surface area contributed by atoms with Crippen molar-refractivity contribution in [1.82, 2.24) is 0 Å². The van der Waals surface area contributed by atoms with Crippen LogP contribution in [0.1, 0.15) is 21.6 Å². The molecule has 0 saturated carbocycles. The molecule has 2 rings (SSSR count). The van der Waals surface area contributed by atoms with Gasteiger partial charge in [0.2, 0.25) is 0 Å². The number of carbonyl (C=O) groups is 2. The minimum absolute atomic E-state index is 0.306. The predicted octanol–water partition coefficient (Wildman–Crippen LogP) is 3.87. The van der Waals surface area contributed by atoms with Gasteiger partial charge in [-0.3, -0.25) is 4.79 Å². The molecule has 4 nitrogen and oxygen atoms in total. The molecule has 1 amide bonds. The number of ether oxygens (including phenoxy) is 1. The third-order valence-electron chi connectivity index (χ3n) is 3.41. The highest BCUT2D eigenvalue weighted by Gasteiger charge is 2.06. The predicted molar refractivity (Wildman–Crippen MR) is 93.6 cm³/mol. The van der Waals surface area contributed by atoms with E-state index in [2.05, 4.69) is 5.32 Å². The molecular weight excluding hydrogens is 310 g/mol. The Morgan fingerprint density at radius 3 is 2.57 bits per heavy atom. The number of hydrogen-bond donors (Lipinski definition) is 1. The molecule has 2 aromatic rings. The van der Waals surface area contributed by atoms with Crippen molar-refractivity contribution in [3.05, 3.63) is 57.3 Å². The molecule has 0 spiro atoms. The third kappa shape index (κ3) is 5.07. The largest absolute Gasteiger partial charge is 0.452 e. The number of amides is 1. The monoisotopic (exact) mass is 329 g/mol. The molecule has 1 heterocycles. The highest BCUT2D eigenvalue weighted by molar-refractivity contribution is 7.11. The maximum absolute atomic E-state index is 11.8. The van der Waals surface area contributed by atoms with Gasteiger partial charge in [-0.25, -0.2) is 4.79 Å². The number of benzene rings is 1. The SMILES string of the molecule is Cc1ccc(NC(=O)COC(=O)/C=C/c2sccc2C)cc1C. The van der Waals surface area contributed by atoms with E-state index in [4.69, 9.17) is 4.74 Å². The van der Waals surface area contributed by atoms with E-state index >= 15 is 0 Å². The summed E-state index contributed by atoms with van der Waals surface area (Å²) in [6.45, 7) is 5.64. The van der Waals surface area contributed by atoms with Gasteiger partial charge in [-0.05, 0) is 67.1 Å². The fourth-order valence-corrected chi connectivity index (χ4v) is 2.72. The minimum Gasteiger partial charge on any atom is -0.452 e. The Labute approximate surface area is 139 Å². The number of thiophene rings is 1. The molecule has 120 valence electrons.